The number of carbonyl (C=O) groups excluding carboxylic acids is 1. The molecule has 0 spiro atoms. The number of sulfonamides is 1. The summed E-state index contributed by atoms with van der Waals surface area (Å²) in [5.41, 5.74) is 5.06. The smallest absolute Gasteiger partial charge is 0.307 e. The fourth-order valence-corrected chi connectivity index (χ4v) is 4.83. The molecule has 1 saturated carbocycles. The number of nitrogens with two attached hydrogens (primary N) is 1. The first-order valence-electron chi connectivity index (χ1n) is 6.19. The van der Waals surface area contributed by atoms with Crippen molar-refractivity contribution in [3.8, 4) is 0 Å². The Hall–Kier alpha value is -1.15. The highest BCUT2D eigenvalue weighted by atomic mass is 32.2. The molecule has 0 saturated heterocycles. The van der Waals surface area contributed by atoms with Crippen LogP contribution in [0.4, 0.5) is 0 Å². The quantitative estimate of drug-likeness (QED) is 0.701. The van der Waals surface area contributed by atoms with E-state index in [2.05, 4.69) is 0 Å². The molecule has 19 heavy (non-hydrogen) atoms. The number of primary amides is 1. The van der Waals surface area contributed by atoms with Crippen LogP contribution in [0.25, 0.3) is 0 Å². The summed E-state index contributed by atoms with van der Waals surface area (Å²) in [6.45, 7) is 2.85. The molecule has 0 radical (unpaired) electrons. The standard InChI is InChI=1S/C11H20N2O5S/c1-7(2)13(6-10(12)14)19(17,18)9-5-3-4-8(9)11(15)16/h7-9H,3-6H2,1-2H3,(H2,12,14)(H,15,16). The number of nitrogens with zero attached hydrogens (tertiary/aromatic N) is 1. The summed E-state index contributed by atoms with van der Waals surface area (Å²) in [6.07, 6.45) is 1.21. The van der Waals surface area contributed by atoms with E-state index in [4.69, 9.17) is 10.8 Å². The van der Waals surface area contributed by atoms with Gasteiger partial charge in [-0.1, -0.05) is 6.42 Å². The van der Waals surface area contributed by atoms with Gasteiger partial charge in [-0.15, -0.1) is 0 Å². The summed E-state index contributed by atoms with van der Waals surface area (Å²) in [5, 5.41) is 8.11. The highest BCUT2D eigenvalue weighted by Crippen LogP contribution is 2.33. The van der Waals surface area contributed by atoms with Crippen molar-refractivity contribution in [1.82, 2.24) is 4.31 Å². The summed E-state index contributed by atoms with van der Waals surface area (Å²) in [5.74, 6) is -2.75. The molecule has 0 bridgehead atoms. The van der Waals surface area contributed by atoms with Crippen LogP contribution in [0.5, 0.6) is 0 Å². The van der Waals surface area contributed by atoms with E-state index in [9.17, 15) is 18.0 Å². The van der Waals surface area contributed by atoms with E-state index >= 15 is 0 Å². The van der Waals surface area contributed by atoms with Gasteiger partial charge in [0, 0.05) is 6.04 Å². The van der Waals surface area contributed by atoms with Gasteiger partial charge in [0.2, 0.25) is 15.9 Å². The van der Waals surface area contributed by atoms with Crippen LogP contribution >= 0.6 is 0 Å². The number of aliphatic carboxylic acids is 1. The van der Waals surface area contributed by atoms with E-state index in [0.717, 1.165) is 4.31 Å². The Labute approximate surface area is 112 Å². The van der Waals surface area contributed by atoms with Crippen molar-refractivity contribution in [2.75, 3.05) is 6.54 Å². The van der Waals surface area contributed by atoms with Gasteiger partial charge in [0.15, 0.2) is 0 Å². The Morgan fingerprint density at radius 2 is 1.95 bits per heavy atom. The third-order valence-corrected chi connectivity index (χ3v) is 5.90. The highest BCUT2D eigenvalue weighted by molar-refractivity contribution is 7.89. The number of carbonyl (C=O) groups is 2. The molecule has 0 aromatic rings. The molecule has 7 nitrogen and oxygen atoms in total. The second-order valence-corrected chi connectivity index (χ2v) is 7.17. The lowest BCUT2D eigenvalue weighted by atomic mass is 10.1. The lowest BCUT2D eigenvalue weighted by molar-refractivity contribution is -0.141. The van der Waals surface area contributed by atoms with Crippen LogP contribution in [0.1, 0.15) is 33.1 Å². The molecule has 3 N–H and O–H groups in total. The van der Waals surface area contributed by atoms with Crippen LogP contribution in [0.3, 0.4) is 0 Å². The number of amides is 1. The molecular formula is C11H20N2O5S. The normalized spacial score (nSPS) is 24.0. The number of carboxylic acid groups (broad SMARTS) is 1. The second kappa shape index (κ2) is 5.87. The van der Waals surface area contributed by atoms with E-state index in [1.807, 2.05) is 0 Å². The van der Waals surface area contributed by atoms with Crippen molar-refractivity contribution in [2.24, 2.45) is 11.7 Å². The Morgan fingerprint density at radius 1 is 1.37 bits per heavy atom. The Balaban J connectivity index is 3.06. The van der Waals surface area contributed by atoms with Gasteiger partial charge in [-0.05, 0) is 26.7 Å². The topological polar surface area (TPSA) is 118 Å². The van der Waals surface area contributed by atoms with Crippen molar-refractivity contribution in [3.05, 3.63) is 0 Å². The van der Waals surface area contributed by atoms with Crippen molar-refractivity contribution < 1.29 is 23.1 Å². The Bertz CT molecular complexity index is 452. The minimum atomic E-state index is -3.84. The van der Waals surface area contributed by atoms with Crippen LogP contribution in [0.2, 0.25) is 0 Å². The summed E-state index contributed by atoms with van der Waals surface area (Å²) in [4.78, 5) is 22.1. The largest absolute Gasteiger partial charge is 0.481 e. The van der Waals surface area contributed by atoms with Gasteiger partial charge in [0.25, 0.3) is 0 Å². The lowest BCUT2D eigenvalue weighted by Gasteiger charge is -2.29. The Kier molecular flexibility index (Phi) is 4.92. The molecule has 2 unspecified atom stereocenters. The Morgan fingerprint density at radius 3 is 2.37 bits per heavy atom. The van der Waals surface area contributed by atoms with Crippen LogP contribution in [-0.4, -0.2) is 47.5 Å². The van der Waals surface area contributed by atoms with E-state index in [-0.39, 0.29) is 0 Å². The number of hydrogen-bond acceptors (Lipinski definition) is 4. The monoisotopic (exact) mass is 292 g/mol. The SMILES string of the molecule is CC(C)N(CC(N)=O)S(=O)(=O)C1CCCC1C(=O)O. The first-order chi connectivity index (χ1) is 8.67. The van der Waals surface area contributed by atoms with E-state index in [0.29, 0.717) is 19.3 Å². The molecule has 0 aromatic heterocycles. The third-order valence-electron chi connectivity index (χ3n) is 3.37. The molecule has 0 heterocycles. The van der Waals surface area contributed by atoms with Gasteiger partial charge in [0.1, 0.15) is 0 Å². The second-order valence-electron chi connectivity index (χ2n) is 5.06. The summed E-state index contributed by atoms with van der Waals surface area (Å²) < 4.78 is 26.0. The molecule has 0 aromatic carbocycles. The van der Waals surface area contributed by atoms with Gasteiger partial charge in [-0.25, -0.2) is 8.42 Å². The van der Waals surface area contributed by atoms with E-state index < -0.39 is 45.7 Å². The van der Waals surface area contributed by atoms with Gasteiger partial charge in [0.05, 0.1) is 17.7 Å². The molecule has 2 atom stereocenters. The predicted molar refractivity (Wildman–Crippen MR) is 68.7 cm³/mol. The van der Waals surface area contributed by atoms with Gasteiger partial charge in [-0.3, -0.25) is 9.59 Å². The maximum Gasteiger partial charge on any atom is 0.307 e. The zero-order chi connectivity index (χ0) is 14.8. The maximum atomic E-state index is 12.5. The minimum Gasteiger partial charge on any atom is -0.481 e. The lowest BCUT2D eigenvalue weighted by Crippen LogP contribution is -2.48. The fourth-order valence-electron chi connectivity index (χ4n) is 2.46. The summed E-state index contributed by atoms with van der Waals surface area (Å²) >= 11 is 0. The molecule has 1 aliphatic carbocycles. The first-order valence-corrected chi connectivity index (χ1v) is 7.70. The van der Waals surface area contributed by atoms with Crippen LogP contribution in [0.15, 0.2) is 0 Å². The molecular weight excluding hydrogens is 272 g/mol. The van der Waals surface area contributed by atoms with Crippen LogP contribution in [-0.2, 0) is 19.6 Å². The average Bonchev–Trinajstić information content (AvgIpc) is 2.74. The number of carboxylic acids is 1. The van der Waals surface area contributed by atoms with Crippen molar-refractivity contribution in [2.45, 2.75) is 44.4 Å². The molecule has 1 amide bonds. The zero-order valence-corrected chi connectivity index (χ0v) is 11.9. The van der Waals surface area contributed by atoms with Crippen LogP contribution in [0, 0.1) is 5.92 Å². The van der Waals surface area contributed by atoms with Gasteiger partial charge < -0.3 is 10.8 Å². The molecule has 110 valence electrons. The summed E-state index contributed by atoms with van der Waals surface area (Å²) in [7, 11) is -3.84. The van der Waals surface area contributed by atoms with Gasteiger partial charge in [-0.2, -0.15) is 4.31 Å². The molecule has 8 heteroatoms. The van der Waals surface area contributed by atoms with Crippen molar-refractivity contribution >= 4 is 21.9 Å². The van der Waals surface area contributed by atoms with Gasteiger partial charge >= 0.3 is 5.97 Å². The number of hydrogen-bond donors (Lipinski definition) is 2. The average molecular weight is 292 g/mol. The maximum absolute atomic E-state index is 12.5. The third kappa shape index (κ3) is 3.44. The highest BCUT2D eigenvalue weighted by Gasteiger charge is 2.45. The minimum absolute atomic E-state index is 0.307. The van der Waals surface area contributed by atoms with Crippen molar-refractivity contribution in [3.63, 3.8) is 0 Å². The molecule has 1 rings (SSSR count). The predicted octanol–water partition coefficient (Wildman–Crippen LogP) is -0.235. The zero-order valence-electron chi connectivity index (χ0n) is 11.1. The first kappa shape index (κ1) is 15.9. The van der Waals surface area contributed by atoms with Crippen molar-refractivity contribution in [1.29, 1.82) is 0 Å². The molecule has 0 aliphatic heterocycles. The summed E-state index contributed by atoms with van der Waals surface area (Å²) in [6, 6.07) is -0.437. The van der Waals surface area contributed by atoms with Crippen LogP contribution < -0.4 is 5.73 Å². The molecule has 1 aliphatic rings. The van der Waals surface area contributed by atoms with E-state index in [1.165, 1.54) is 0 Å². The fraction of sp³-hybridized carbons (Fsp3) is 0.818. The molecule has 1 fully saturated rings. The number of rotatable bonds is 6. The van der Waals surface area contributed by atoms with E-state index in [1.54, 1.807) is 13.8 Å².